The van der Waals surface area contributed by atoms with Gasteiger partial charge in [0.25, 0.3) is 0 Å². The van der Waals surface area contributed by atoms with Crippen LogP contribution in [0.15, 0.2) is 0 Å². The van der Waals surface area contributed by atoms with Crippen molar-refractivity contribution in [2.24, 2.45) is 11.3 Å². The van der Waals surface area contributed by atoms with E-state index >= 15 is 0 Å². The third kappa shape index (κ3) is 4.47. The predicted octanol–water partition coefficient (Wildman–Crippen LogP) is 3.52. The molecule has 3 fully saturated rings. The molecule has 6 heteroatoms. The number of esters is 1. The number of hydrogen-bond donors (Lipinski definition) is 0. The van der Waals surface area contributed by atoms with E-state index in [1.807, 2.05) is 23.6 Å². The minimum atomic E-state index is -0.420. The Morgan fingerprint density at radius 2 is 1.78 bits per heavy atom. The summed E-state index contributed by atoms with van der Waals surface area (Å²) in [6.45, 7) is 11.6. The van der Waals surface area contributed by atoms with Crippen LogP contribution in [0.2, 0.25) is 0 Å². The standard InChI is InChI=1S/C21H36N2O3S/c1-5-26-19(25)17-15-27-21(10-8-16(9-11-21)20(2,3)4)23(17)18(24)14-22-12-6-7-13-22/h16-17H,5-15H2,1-4H3. The lowest BCUT2D eigenvalue weighted by Crippen LogP contribution is -2.56. The van der Waals surface area contributed by atoms with Crippen molar-refractivity contribution in [3.8, 4) is 0 Å². The summed E-state index contributed by atoms with van der Waals surface area (Å²) >= 11 is 1.82. The molecule has 2 aliphatic heterocycles. The van der Waals surface area contributed by atoms with Crippen LogP contribution in [0.4, 0.5) is 0 Å². The molecule has 0 N–H and O–H groups in total. The first-order chi connectivity index (χ1) is 12.8. The zero-order valence-corrected chi connectivity index (χ0v) is 18.3. The molecule has 0 bridgehead atoms. The molecule has 1 amide bonds. The van der Waals surface area contributed by atoms with E-state index < -0.39 is 6.04 Å². The van der Waals surface area contributed by atoms with Gasteiger partial charge in [-0.1, -0.05) is 20.8 Å². The number of hydrogen-bond acceptors (Lipinski definition) is 5. The molecule has 27 heavy (non-hydrogen) atoms. The summed E-state index contributed by atoms with van der Waals surface area (Å²) in [5.41, 5.74) is 0.301. The fourth-order valence-corrected chi connectivity index (χ4v) is 6.65. The maximum Gasteiger partial charge on any atom is 0.329 e. The van der Waals surface area contributed by atoms with E-state index in [0.29, 0.717) is 30.2 Å². The normalized spacial score (nSPS) is 32.2. The van der Waals surface area contributed by atoms with E-state index in [9.17, 15) is 9.59 Å². The summed E-state index contributed by atoms with van der Waals surface area (Å²) in [6.07, 6.45) is 6.56. The van der Waals surface area contributed by atoms with Gasteiger partial charge < -0.3 is 9.64 Å². The Morgan fingerprint density at radius 3 is 2.33 bits per heavy atom. The molecule has 3 rings (SSSR count). The first-order valence-corrected chi connectivity index (χ1v) is 11.6. The van der Waals surface area contributed by atoms with Crippen LogP contribution >= 0.6 is 11.8 Å². The molecule has 2 saturated heterocycles. The molecule has 5 nitrogen and oxygen atoms in total. The van der Waals surface area contributed by atoms with Gasteiger partial charge >= 0.3 is 5.97 Å². The fraction of sp³-hybridized carbons (Fsp3) is 0.905. The lowest BCUT2D eigenvalue weighted by Gasteiger charge is -2.47. The Morgan fingerprint density at radius 1 is 1.15 bits per heavy atom. The second-order valence-corrected chi connectivity index (χ2v) is 10.8. The molecule has 1 spiro atoms. The average Bonchev–Trinajstić information content (AvgIpc) is 3.23. The highest BCUT2D eigenvalue weighted by atomic mass is 32.2. The van der Waals surface area contributed by atoms with Gasteiger partial charge in [-0.2, -0.15) is 0 Å². The zero-order valence-electron chi connectivity index (χ0n) is 17.5. The van der Waals surface area contributed by atoms with E-state index in [1.165, 1.54) is 12.8 Å². The number of ether oxygens (including phenoxy) is 1. The summed E-state index contributed by atoms with van der Waals surface area (Å²) < 4.78 is 5.33. The molecule has 1 unspecified atom stereocenters. The Balaban J connectivity index is 1.77. The number of nitrogens with zero attached hydrogens (tertiary/aromatic N) is 2. The lowest BCUT2D eigenvalue weighted by atomic mass is 9.71. The van der Waals surface area contributed by atoms with Crippen molar-refractivity contribution in [1.29, 1.82) is 0 Å². The third-order valence-electron chi connectivity index (χ3n) is 6.64. The molecule has 1 saturated carbocycles. The topological polar surface area (TPSA) is 49.9 Å². The van der Waals surface area contributed by atoms with E-state index in [4.69, 9.17) is 4.74 Å². The molecule has 154 valence electrons. The van der Waals surface area contributed by atoms with Gasteiger partial charge in [0.2, 0.25) is 5.91 Å². The van der Waals surface area contributed by atoms with Gasteiger partial charge in [-0.3, -0.25) is 9.69 Å². The summed E-state index contributed by atoms with van der Waals surface area (Å²) in [5.74, 6) is 1.25. The van der Waals surface area contributed by atoms with Crippen LogP contribution in [0.3, 0.4) is 0 Å². The van der Waals surface area contributed by atoms with Crippen molar-refractivity contribution >= 4 is 23.6 Å². The quantitative estimate of drug-likeness (QED) is 0.681. The molecule has 3 aliphatic rings. The van der Waals surface area contributed by atoms with Crippen molar-refractivity contribution < 1.29 is 14.3 Å². The maximum atomic E-state index is 13.3. The number of thioether (sulfide) groups is 1. The minimum absolute atomic E-state index is 0.120. The fourth-order valence-electron chi connectivity index (χ4n) is 5.00. The van der Waals surface area contributed by atoms with Crippen LogP contribution in [0.1, 0.15) is 66.2 Å². The highest BCUT2D eigenvalue weighted by Crippen LogP contribution is 2.53. The van der Waals surface area contributed by atoms with Gasteiger partial charge in [0.1, 0.15) is 6.04 Å². The van der Waals surface area contributed by atoms with Gasteiger partial charge in [0, 0.05) is 5.75 Å². The Hall–Kier alpha value is -0.750. The van der Waals surface area contributed by atoms with Crippen molar-refractivity contribution in [3.05, 3.63) is 0 Å². The molecule has 1 atom stereocenters. The molecular formula is C21H36N2O3S. The highest BCUT2D eigenvalue weighted by molar-refractivity contribution is 8.01. The highest BCUT2D eigenvalue weighted by Gasteiger charge is 2.54. The SMILES string of the molecule is CCOC(=O)C1CSC2(CCC(C(C)(C)C)CC2)N1C(=O)CN1CCCC1. The number of amides is 1. The molecule has 1 aliphatic carbocycles. The molecule has 0 aromatic rings. The summed E-state index contributed by atoms with van der Waals surface area (Å²) in [5, 5.41) is 0. The van der Waals surface area contributed by atoms with Crippen LogP contribution in [0, 0.1) is 11.3 Å². The van der Waals surface area contributed by atoms with Gasteiger partial charge in [0.15, 0.2) is 0 Å². The van der Waals surface area contributed by atoms with Crippen LogP contribution < -0.4 is 0 Å². The number of rotatable bonds is 4. The smallest absolute Gasteiger partial charge is 0.329 e. The van der Waals surface area contributed by atoms with Crippen molar-refractivity contribution in [1.82, 2.24) is 9.80 Å². The monoisotopic (exact) mass is 396 g/mol. The number of carbonyl (C=O) groups is 2. The Kier molecular flexibility index (Phi) is 6.46. The molecular weight excluding hydrogens is 360 g/mol. The molecule has 0 aromatic heterocycles. The molecule has 0 aromatic carbocycles. The third-order valence-corrected chi connectivity index (χ3v) is 8.26. The Bertz CT molecular complexity index is 546. The van der Waals surface area contributed by atoms with Gasteiger partial charge in [-0.05, 0) is 69.9 Å². The molecule has 2 heterocycles. The van der Waals surface area contributed by atoms with E-state index in [0.717, 1.165) is 38.8 Å². The van der Waals surface area contributed by atoms with Gasteiger partial charge in [0.05, 0.1) is 18.0 Å². The zero-order chi connectivity index (χ0) is 19.7. The maximum absolute atomic E-state index is 13.3. The van der Waals surface area contributed by atoms with Crippen molar-refractivity contribution in [3.63, 3.8) is 0 Å². The molecule has 0 radical (unpaired) electrons. The lowest BCUT2D eigenvalue weighted by molar-refractivity contribution is -0.157. The van der Waals surface area contributed by atoms with Crippen molar-refractivity contribution in [2.75, 3.05) is 32.0 Å². The van der Waals surface area contributed by atoms with E-state index in [1.54, 1.807) is 0 Å². The second kappa shape index (κ2) is 8.32. The van der Waals surface area contributed by atoms with Crippen LogP contribution in [-0.4, -0.2) is 64.6 Å². The summed E-state index contributed by atoms with van der Waals surface area (Å²) in [7, 11) is 0. The van der Waals surface area contributed by atoms with Gasteiger partial charge in [-0.25, -0.2) is 4.79 Å². The van der Waals surface area contributed by atoms with Crippen LogP contribution in [0.25, 0.3) is 0 Å². The summed E-state index contributed by atoms with van der Waals surface area (Å²) in [6, 6.07) is -0.420. The second-order valence-electron chi connectivity index (χ2n) is 9.41. The summed E-state index contributed by atoms with van der Waals surface area (Å²) in [4.78, 5) is 29.9. The predicted molar refractivity (Wildman–Crippen MR) is 110 cm³/mol. The first kappa shape index (κ1) is 21.0. The van der Waals surface area contributed by atoms with E-state index in [2.05, 4.69) is 25.7 Å². The average molecular weight is 397 g/mol. The van der Waals surface area contributed by atoms with Crippen LogP contribution in [-0.2, 0) is 14.3 Å². The van der Waals surface area contributed by atoms with Crippen molar-refractivity contribution in [2.45, 2.75) is 77.1 Å². The first-order valence-electron chi connectivity index (χ1n) is 10.6. The minimum Gasteiger partial charge on any atom is -0.464 e. The largest absolute Gasteiger partial charge is 0.464 e. The Labute approximate surface area is 168 Å². The number of likely N-dealkylation sites (tertiary alicyclic amines) is 1. The number of carbonyl (C=O) groups excluding carboxylic acids is 2. The van der Waals surface area contributed by atoms with Gasteiger partial charge in [-0.15, -0.1) is 11.8 Å². The van der Waals surface area contributed by atoms with Crippen LogP contribution in [0.5, 0.6) is 0 Å². The van der Waals surface area contributed by atoms with E-state index in [-0.39, 0.29) is 16.7 Å².